The minimum absolute atomic E-state index is 0.255. The van der Waals surface area contributed by atoms with Crippen molar-refractivity contribution in [2.45, 2.75) is 26.3 Å². The van der Waals surface area contributed by atoms with Crippen molar-refractivity contribution in [2.24, 2.45) is 0 Å². The van der Waals surface area contributed by atoms with E-state index in [4.69, 9.17) is 21.7 Å². The summed E-state index contributed by atoms with van der Waals surface area (Å²) in [4.78, 5) is 11.9. The largest absolute Gasteiger partial charge is 0.497 e. The van der Waals surface area contributed by atoms with Crippen LogP contribution >= 0.6 is 23.8 Å². The highest BCUT2D eigenvalue weighted by Crippen LogP contribution is 2.48. The van der Waals surface area contributed by atoms with Gasteiger partial charge in [-0.15, -0.1) is 0 Å². The smallest absolute Gasteiger partial charge is 0.338 e. The second-order valence-corrected chi connectivity index (χ2v) is 8.67. The third-order valence-electron chi connectivity index (χ3n) is 5.02. The number of hydrogen-bond donors (Lipinski definition) is 1. The predicted molar refractivity (Wildman–Crippen MR) is 119 cm³/mol. The van der Waals surface area contributed by atoms with E-state index in [1.54, 1.807) is 37.7 Å². The molecule has 0 atom stereocenters. The van der Waals surface area contributed by atoms with Crippen molar-refractivity contribution in [1.29, 1.82) is 0 Å². The number of rotatable bonds is 4. The lowest BCUT2D eigenvalue weighted by molar-refractivity contribution is 0.0526. The molecule has 0 aliphatic carbocycles. The number of aromatic nitrogens is 1. The molecule has 0 unspecified atom stereocenters. The van der Waals surface area contributed by atoms with Crippen molar-refractivity contribution >= 4 is 34.7 Å². The second kappa shape index (κ2) is 7.31. The predicted octanol–water partition coefficient (Wildman–Crippen LogP) is 5.78. The molecule has 2 heterocycles. The molecular weight excluding hydrogens is 404 g/mol. The normalized spacial score (nSPS) is 13.8. The summed E-state index contributed by atoms with van der Waals surface area (Å²) >= 11 is 7.41. The molecule has 5 nitrogen and oxygen atoms in total. The topological polar surface area (TPSA) is 52.5 Å². The average Bonchev–Trinajstić information content (AvgIpc) is 3.03. The maximum atomic E-state index is 11.9. The highest BCUT2D eigenvalue weighted by Gasteiger charge is 2.33. The first-order valence-corrected chi connectivity index (χ1v) is 10.5. The van der Waals surface area contributed by atoms with Crippen LogP contribution in [0.15, 0.2) is 42.5 Å². The zero-order valence-electron chi connectivity index (χ0n) is 16.7. The molecule has 1 aromatic heterocycles. The molecule has 1 N–H and O–H groups in total. The number of anilines is 1. The summed E-state index contributed by atoms with van der Waals surface area (Å²) < 4.78 is 13.2. The van der Waals surface area contributed by atoms with Crippen molar-refractivity contribution in [3.8, 4) is 22.6 Å². The van der Waals surface area contributed by atoms with Gasteiger partial charge in [0.25, 0.3) is 0 Å². The third-order valence-corrected chi connectivity index (χ3v) is 6.58. The standard InChI is InChI=1S/C22H22N2O3S2/c1-5-27-21(25)13-6-8-14(9-7-13)24-20(28)18-16-11-10-15(26-4)12-17(16)22(2,3)23-19(18)29-24/h6-12,23H,5H2,1-4H3. The molecule has 1 aliphatic rings. The van der Waals surface area contributed by atoms with Gasteiger partial charge in [-0.25, -0.2) is 4.79 Å². The van der Waals surface area contributed by atoms with Crippen molar-refractivity contribution < 1.29 is 14.3 Å². The number of esters is 1. The molecule has 3 aromatic rings. The number of nitrogens with one attached hydrogen (secondary N) is 1. The minimum atomic E-state index is -0.320. The quantitative estimate of drug-likeness (QED) is 0.423. The van der Waals surface area contributed by atoms with Gasteiger partial charge in [0.05, 0.1) is 36.1 Å². The van der Waals surface area contributed by atoms with Gasteiger partial charge in [0.15, 0.2) is 0 Å². The first kappa shape index (κ1) is 19.7. The first-order valence-electron chi connectivity index (χ1n) is 9.36. The molecule has 7 heteroatoms. The van der Waals surface area contributed by atoms with E-state index in [1.165, 1.54) is 0 Å². The van der Waals surface area contributed by atoms with E-state index in [0.29, 0.717) is 12.2 Å². The van der Waals surface area contributed by atoms with Gasteiger partial charge in [-0.2, -0.15) is 0 Å². The number of benzene rings is 2. The zero-order valence-corrected chi connectivity index (χ0v) is 18.4. The van der Waals surface area contributed by atoms with Gasteiger partial charge in [0, 0.05) is 0 Å². The number of ether oxygens (including phenoxy) is 2. The van der Waals surface area contributed by atoms with Gasteiger partial charge in [0.2, 0.25) is 0 Å². The molecule has 0 radical (unpaired) electrons. The van der Waals surface area contributed by atoms with Crippen LogP contribution in [0, 0.1) is 4.64 Å². The summed E-state index contributed by atoms with van der Waals surface area (Å²) in [5, 5.41) is 4.66. The van der Waals surface area contributed by atoms with Gasteiger partial charge in [-0.3, -0.25) is 3.96 Å². The lowest BCUT2D eigenvalue weighted by Crippen LogP contribution is -2.31. The fourth-order valence-corrected chi connectivity index (χ4v) is 5.23. The van der Waals surface area contributed by atoms with Gasteiger partial charge < -0.3 is 14.8 Å². The monoisotopic (exact) mass is 426 g/mol. The number of methoxy groups -OCH3 is 1. The summed E-state index contributed by atoms with van der Waals surface area (Å²) in [6, 6.07) is 13.4. The van der Waals surface area contributed by atoms with Gasteiger partial charge in [-0.05, 0) is 79.8 Å². The van der Waals surface area contributed by atoms with Crippen LogP contribution in [0.5, 0.6) is 5.75 Å². The lowest BCUT2D eigenvalue weighted by Gasteiger charge is -2.34. The van der Waals surface area contributed by atoms with Gasteiger partial charge >= 0.3 is 5.97 Å². The van der Waals surface area contributed by atoms with Gasteiger partial charge in [-0.1, -0.05) is 18.3 Å². The molecule has 0 saturated carbocycles. The molecule has 150 valence electrons. The van der Waals surface area contributed by atoms with Crippen LogP contribution in [0.1, 0.15) is 36.7 Å². The number of hydrogen-bond acceptors (Lipinski definition) is 6. The Morgan fingerprint density at radius 2 is 1.93 bits per heavy atom. The molecule has 29 heavy (non-hydrogen) atoms. The van der Waals surface area contributed by atoms with E-state index in [0.717, 1.165) is 37.8 Å². The van der Waals surface area contributed by atoms with Crippen LogP contribution < -0.4 is 10.1 Å². The zero-order chi connectivity index (χ0) is 20.8. The van der Waals surface area contributed by atoms with Crippen LogP contribution in [0.3, 0.4) is 0 Å². The molecule has 2 aromatic carbocycles. The van der Waals surface area contributed by atoms with E-state index >= 15 is 0 Å². The van der Waals surface area contributed by atoms with Crippen molar-refractivity contribution in [3.05, 3.63) is 58.2 Å². The molecule has 0 fully saturated rings. The summed E-state index contributed by atoms with van der Waals surface area (Å²) in [6.07, 6.45) is 0. The molecular formula is C22H22N2O3S2. The van der Waals surface area contributed by atoms with E-state index in [9.17, 15) is 4.79 Å². The Bertz CT molecular complexity index is 1140. The van der Waals surface area contributed by atoms with Crippen molar-refractivity contribution in [1.82, 2.24) is 3.96 Å². The number of fused-ring (bicyclic) bond motifs is 3. The first-order chi connectivity index (χ1) is 13.9. The molecule has 0 saturated heterocycles. The molecule has 1 aliphatic heterocycles. The maximum absolute atomic E-state index is 11.9. The number of carbonyl (C=O) groups is 1. The molecule has 0 amide bonds. The Morgan fingerprint density at radius 3 is 2.59 bits per heavy atom. The molecule has 0 bridgehead atoms. The highest BCUT2D eigenvalue weighted by molar-refractivity contribution is 7.71. The van der Waals surface area contributed by atoms with Crippen LogP contribution in [0.25, 0.3) is 16.8 Å². The fourth-order valence-electron chi connectivity index (χ4n) is 3.55. The molecule has 4 rings (SSSR count). The lowest BCUT2D eigenvalue weighted by atomic mass is 9.84. The van der Waals surface area contributed by atoms with Crippen LogP contribution in [-0.2, 0) is 10.3 Å². The van der Waals surface area contributed by atoms with Crippen LogP contribution in [-0.4, -0.2) is 23.6 Å². The maximum Gasteiger partial charge on any atom is 0.338 e. The van der Waals surface area contributed by atoms with E-state index < -0.39 is 0 Å². The van der Waals surface area contributed by atoms with E-state index in [2.05, 4.69) is 31.3 Å². The van der Waals surface area contributed by atoms with E-state index in [1.807, 2.05) is 22.2 Å². The summed E-state index contributed by atoms with van der Waals surface area (Å²) in [7, 11) is 1.67. The van der Waals surface area contributed by atoms with Crippen LogP contribution in [0.4, 0.5) is 5.00 Å². The fraction of sp³-hybridized carbons (Fsp3) is 0.273. The summed E-state index contributed by atoms with van der Waals surface area (Å²) in [5.41, 5.74) is 4.48. The highest BCUT2D eigenvalue weighted by atomic mass is 32.1. The van der Waals surface area contributed by atoms with E-state index in [-0.39, 0.29) is 11.5 Å². The summed E-state index contributed by atoms with van der Waals surface area (Å²) in [6.45, 7) is 6.45. The Balaban J connectivity index is 1.80. The number of nitrogens with zero attached hydrogens (tertiary/aromatic N) is 1. The SMILES string of the molecule is CCOC(=O)c1ccc(-n2sc3c(c2=S)-c2ccc(OC)cc2C(C)(C)N3)cc1. The number of carbonyl (C=O) groups excluding carboxylic acids is 1. The molecule has 0 spiro atoms. The Labute approximate surface area is 179 Å². The van der Waals surface area contributed by atoms with Gasteiger partial charge in [0.1, 0.15) is 15.4 Å². The third kappa shape index (κ3) is 3.34. The Hall–Kier alpha value is -2.64. The van der Waals surface area contributed by atoms with Crippen LogP contribution in [0.2, 0.25) is 0 Å². The Morgan fingerprint density at radius 1 is 1.21 bits per heavy atom. The minimum Gasteiger partial charge on any atom is -0.497 e. The average molecular weight is 427 g/mol. The van der Waals surface area contributed by atoms with Crippen molar-refractivity contribution in [2.75, 3.05) is 19.0 Å². The van der Waals surface area contributed by atoms with Crippen molar-refractivity contribution in [3.63, 3.8) is 0 Å². The Kier molecular flexibility index (Phi) is 4.96. The second-order valence-electron chi connectivity index (χ2n) is 7.32. The summed E-state index contributed by atoms with van der Waals surface area (Å²) in [5.74, 6) is 0.505.